The van der Waals surface area contributed by atoms with E-state index in [0.29, 0.717) is 21.5 Å². The van der Waals surface area contributed by atoms with E-state index in [4.69, 9.17) is 27.9 Å². The average Bonchev–Trinajstić information content (AvgIpc) is 3.13. The zero-order valence-corrected chi connectivity index (χ0v) is 15.0. The first-order valence-electron chi connectivity index (χ1n) is 7.35. The van der Waals surface area contributed by atoms with E-state index < -0.39 is 0 Å². The summed E-state index contributed by atoms with van der Waals surface area (Å²) in [5.74, 6) is 0.165. The van der Waals surface area contributed by atoms with Crippen LogP contribution in [0.25, 0.3) is 0 Å². The topological polar surface area (TPSA) is 74.0 Å². The number of hydrogen-bond acceptors (Lipinski definition) is 4. The van der Waals surface area contributed by atoms with Crippen LogP contribution >= 0.6 is 23.2 Å². The first-order chi connectivity index (χ1) is 11.9. The second-order valence-corrected chi connectivity index (χ2v) is 6.19. The zero-order valence-electron chi connectivity index (χ0n) is 13.5. The fourth-order valence-corrected chi connectivity index (χ4v) is 2.65. The van der Waals surface area contributed by atoms with E-state index in [2.05, 4.69) is 15.5 Å². The molecule has 25 heavy (non-hydrogen) atoms. The Hall–Kier alpha value is -2.51. The molecule has 0 bridgehead atoms. The molecular weight excluding hydrogens is 365 g/mol. The summed E-state index contributed by atoms with van der Waals surface area (Å²) in [6, 6.07) is 6.55. The van der Waals surface area contributed by atoms with Gasteiger partial charge in [0.1, 0.15) is 5.75 Å². The molecule has 130 valence electrons. The van der Waals surface area contributed by atoms with Gasteiger partial charge in [-0.1, -0.05) is 23.2 Å². The van der Waals surface area contributed by atoms with E-state index >= 15 is 0 Å². The third-order valence-electron chi connectivity index (χ3n) is 3.38. The van der Waals surface area contributed by atoms with Gasteiger partial charge in [-0.25, -0.2) is 4.68 Å². The van der Waals surface area contributed by atoms with Gasteiger partial charge in [0.25, 0.3) is 5.91 Å². The molecule has 2 heterocycles. The third-order valence-corrected chi connectivity index (χ3v) is 3.91. The molecule has 3 aromatic rings. The van der Waals surface area contributed by atoms with Gasteiger partial charge in [0.15, 0.2) is 12.4 Å². The zero-order chi connectivity index (χ0) is 18.0. The summed E-state index contributed by atoms with van der Waals surface area (Å²) in [6.07, 6.45) is 3.38. The first kappa shape index (κ1) is 17.3. The normalized spacial score (nSPS) is 10.7. The minimum absolute atomic E-state index is 0.112. The summed E-state index contributed by atoms with van der Waals surface area (Å²) in [5.41, 5.74) is 1.65. The van der Waals surface area contributed by atoms with Crippen LogP contribution in [-0.2, 0) is 13.8 Å². The molecule has 2 aromatic heterocycles. The Morgan fingerprint density at radius 1 is 1.28 bits per heavy atom. The number of halogens is 2. The monoisotopic (exact) mass is 379 g/mol. The molecule has 0 saturated heterocycles. The number of ether oxygens (including phenoxy) is 1. The Balaban J connectivity index is 1.63. The van der Waals surface area contributed by atoms with Gasteiger partial charge in [-0.15, -0.1) is 0 Å². The maximum absolute atomic E-state index is 12.3. The predicted molar refractivity (Wildman–Crippen MR) is 95.2 cm³/mol. The Bertz CT molecular complexity index is 919. The fraction of sp³-hybridized carbons (Fsp3) is 0.188. The number of aryl methyl sites for hydroxylation is 2. The molecule has 0 spiro atoms. The number of carbonyl (C=O) groups excluding carboxylic acids is 1. The van der Waals surface area contributed by atoms with E-state index in [1.165, 1.54) is 4.68 Å². The third kappa shape index (κ3) is 4.12. The minimum Gasteiger partial charge on any atom is -0.470 e. The maximum Gasteiger partial charge on any atom is 0.276 e. The van der Waals surface area contributed by atoms with Crippen molar-refractivity contribution in [1.29, 1.82) is 0 Å². The molecule has 0 radical (unpaired) electrons. The molecule has 0 unspecified atom stereocenters. The SMILES string of the molecule is Cc1nn(C)cc1NC(=O)c1ccn(COc2ccc(Cl)cc2Cl)n1. The van der Waals surface area contributed by atoms with E-state index in [9.17, 15) is 4.79 Å². The summed E-state index contributed by atoms with van der Waals surface area (Å²) < 4.78 is 8.70. The molecule has 1 aromatic carbocycles. The summed E-state index contributed by atoms with van der Waals surface area (Å²) in [7, 11) is 1.79. The molecule has 0 aliphatic rings. The molecule has 0 aliphatic heterocycles. The Kier molecular flexibility index (Phi) is 4.96. The summed E-state index contributed by atoms with van der Waals surface area (Å²) in [5, 5.41) is 12.1. The molecule has 0 atom stereocenters. The van der Waals surface area contributed by atoms with E-state index in [1.54, 1.807) is 48.4 Å². The van der Waals surface area contributed by atoms with Crippen molar-refractivity contribution in [2.45, 2.75) is 13.7 Å². The van der Waals surface area contributed by atoms with Crippen LogP contribution in [0, 0.1) is 6.92 Å². The summed E-state index contributed by atoms with van der Waals surface area (Å²) >= 11 is 11.9. The molecule has 9 heteroatoms. The van der Waals surface area contributed by atoms with Crippen LogP contribution < -0.4 is 10.1 Å². The quantitative estimate of drug-likeness (QED) is 0.735. The Labute approximate surface area is 154 Å². The molecule has 0 aliphatic carbocycles. The van der Waals surface area contributed by atoms with Crippen molar-refractivity contribution < 1.29 is 9.53 Å². The van der Waals surface area contributed by atoms with Crippen LogP contribution in [0.2, 0.25) is 10.0 Å². The number of aromatic nitrogens is 4. The number of benzene rings is 1. The van der Waals surface area contributed by atoms with E-state index in [-0.39, 0.29) is 18.3 Å². The number of carbonyl (C=O) groups is 1. The summed E-state index contributed by atoms with van der Waals surface area (Å²) in [6.45, 7) is 1.93. The van der Waals surface area contributed by atoms with Crippen LogP contribution in [0.1, 0.15) is 16.2 Å². The van der Waals surface area contributed by atoms with Crippen molar-refractivity contribution >= 4 is 34.8 Å². The van der Waals surface area contributed by atoms with Crippen molar-refractivity contribution in [2.24, 2.45) is 7.05 Å². The largest absolute Gasteiger partial charge is 0.470 e. The van der Waals surface area contributed by atoms with Gasteiger partial charge >= 0.3 is 0 Å². The van der Waals surface area contributed by atoms with Gasteiger partial charge in [-0.2, -0.15) is 10.2 Å². The second kappa shape index (κ2) is 7.16. The number of nitrogens with zero attached hydrogens (tertiary/aromatic N) is 4. The lowest BCUT2D eigenvalue weighted by atomic mass is 10.3. The summed E-state index contributed by atoms with van der Waals surface area (Å²) in [4.78, 5) is 12.3. The van der Waals surface area contributed by atoms with Gasteiger partial charge in [0.2, 0.25) is 0 Å². The smallest absolute Gasteiger partial charge is 0.276 e. The molecule has 1 N–H and O–H groups in total. The van der Waals surface area contributed by atoms with Gasteiger partial charge in [-0.05, 0) is 31.2 Å². The highest BCUT2D eigenvalue weighted by Crippen LogP contribution is 2.27. The predicted octanol–water partition coefficient (Wildman–Crippen LogP) is 3.52. The molecular formula is C16H15Cl2N5O2. The minimum atomic E-state index is -0.320. The molecule has 7 nitrogen and oxygen atoms in total. The molecule has 1 amide bonds. The Morgan fingerprint density at radius 2 is 2.08 bits per heavy atom. The number of anilines is 1. The van der Waals surface area contributed by atoms with Gasteiger partial charge in [0.05, 0.1) is 16.4 Å². The van der Waals surface area contributed by atoms with Crippen molar-refractivity contribution in [1.82, 2.24) is 19.6 Å². The van der Waals surface area contributed by atoms with E-state index in [1.807, 2.05) is 6.92 Å². The number of hydrogen-bond donors (Lipinski definition) is 1. The van der Waals surface area contributed by atoms with Crippen LogP contribution in [0.5, 0.6) is 5.75 Å². The van der Waals surface area contributed by atoms with Crippen molar-refractivity contribution in [3.05, 3.63) is 58.1 Å². The number of amides is 1. The van der Waals surface area contributed by atoms with Crippen LogP contribution in [0.4, 0.5) is 5.69 Å². The van der Waals surface area contributed by atoms with Crippen molar-refractivity contribution in [3.63, 3.8) is 0 Å². The van der Waals surface area contributed by atoms with Crippen LogP contribution in [0.15, 0.2) is 36.7 Å². The lowest BCUT2D eigenvalue weighted by Gasteiger charge is -2.08. The van der Waals surface area contributed by atoms with Crippen molar-refractivity contribution in [3.8, 4) is 5.75 Å². The van der Waals surface area contributed by atoms with E-state index in [0.717, 1.165) is 5.69 Å². The molecule has 0 saturated carbocycles. The second-order valence-electron chi connectivity index (χ2n) is 5.34. The maximum atomic E-state index is 12.3. The van der Waals surface area contributed by atoms with Gasteiger partial charge in [0, 0.05) is 24.5 Å². The highest BCUT2D eigenvalue weighted by molar-refractivity contribution is 6.35. The Morgan fingerprint density at radius 3 is 2.76 bits per heavy atom. The van der Waals surface area contributed by atoms with Gasteiger partial charge in [-0.3, -0.25) is 9.48 Å². The highest BCUT2D eigenvalue weighted by Gasteiger charge is 2.13. The standard InChI is InChI=1S/C16H15Cl2N5O2/c1-10-14(8-22(2)20-10)19-16(24)13-5-6-23(21-13)9-25-15-4-3-11(17)7-12(15)18/h3-8H,9H2,1-2H3,(H,19,24). The van der Waals surface area contributed by atoms with Crippen molar-refractivity contribution in [2.75, 3.05) is 5.32 Å². The van der Waals surface area contributed by atoms with Crippen LogP contribution in [0.3, 0.4) is 0 Å². The number of rotatable bonds is 5. The fourth-order valence-electron chi connectivity index (χ4n) is 2.19. The lowest BCUT2D eigenvalue weighted by molar-refractivity contribution is 0.102. The van der Waals surface area contributed by atoms with Gasteiger partial charge < -0.3 is 10.1 Å². The molecule has 3 rings (SSSR count). The highest BCUT2D eigenvalue weighted by atomic mass is 35.5. The first-order valence-corrected chi connectivity index (χ1v) is 8.11. The molecule has 0 fully saturated rings. The lowest BCUT2D eigenvalue weighted by Crippen LogP contribution is -2.14. The average molecular weight is 380 g/mol. The number of nitrogens with one attached hydrogen (secondary N) is 1. The van der Waals surface area contributed by atoms with Crippen LogP contribution in [-0.4, -0.2) is 25.5 Å².